The molecule has 0 amide bonds. The fourth-order valence-electron chi connectivity index (χ4n) is 5.22. The van der Waals surface area contributed by atoms with Gasteiger partial charge in [0, 0.05) is 32.9 Å². The second-order valence-corrected chi connectivity index (χ2v) is 8.46. The zero-order valence-electron chi connectivity index (χ0n) is 17.5. The molecule has 1 saturated carbocycles. The van der Waals surface area contributed by atoms with Gasteiger partial charge in [-0.25, -0.2) is 4.98 Å². The van der Waals surface area contributed by atoms with Crippen LogP contribution in [0.25, 0.3) is 0 Å². The summed E-state index contributed by atoms with van der Waals surface area (Å²) in [6, 6.07) is 10.4. The van der Waals surface area contributed by atoms with Crippen molar-refractivity contribution < 1.29 is 18.9 Å². The molecule has 0 spiro atoms. The highest BCUT2D eigenvalue weighted by Crippen LogP contribution is 2.43. The molecule has 5 rings (SSSR count). The first-order chi connectivity index (χ1) is 14.7. The van der Waals surface area contributed by atoms with Gasteiger partial charge >= 0.3 is 0 Å². The Hall–Kier alpha value is -2.51. The first-order valence-corrected chi connectivity index (χ1v) is 10.6. The average molecular weight is 412 g/mol. The van der Waals surface area contributed by atoms with Gasteiger partial charge in [0.2, 0.25) is 12.5 Å². The van der Waals surface area contributed by atoms with Crippen LogP contribution in [-0.2, 0) is 11.3 Å². The van der Waals surface area contributed by atoms with Crippen LogP contribution < -0.4 is 19.5 Å². The number of ether oxygens (including phenoxy) is 4. The van der Waals surface area contributed by atoms with Gasteiger partial charge in [0.25, 0.3) is 0 Å². The fourth-order valence-corrected chi connectivity index (χ4v) is 5.22. The van der Waals surface area contributed by atoms with Crippen molar-refractivity contribution in [2.24, 2.45) is 11.8 Å². The first-order valence-electron chi connectivity index (χ1n) is 10.6. The highest BCUT2D eigenvalue weighted by molar-refractivity contribution is 5.55. The third-order valence-corrected chi connectivity index (χ3v) is 6.62. The molecule has 1 aromatic heterocycles. The summed E-state index contributed by atoms with van der Waals surface area (Å²) in [7, 11) is 3.49. The molecule has 3 aliphatic rings. The number of methoxy groups -OCH3 is 2. The van der Waals surface area contributed by atoms with Crippen LogP contribution in [0.1, 0.15) is 18.4 Å². The molecule has 1 saturated heterocycles. The largest absolute Gasteiger partial charge is 0.493 e. The summed E-state index contributed by atoms with van der Waals surface area (Å²) >= 11 is 0. The molecule has 30 heavy (non-hydrogen) atoms. The van der Waals surface area contributed by atoms with Crippen molar-refractivity contribution >= 4 is 5.82 Å². The van der Waals surface area contributed by atoms with Crippen molar-refractivity contribution in [3.8, 4) is 17.2 Å². The Morgan fingerprint density at radius 3 is 2.77 bits per heavy atom. The number of benzene rings is 1. The highest BCUT2D eigenvalue weighted by Gasteiger charge is 2.42. The summed E-state index contributed by atoms with van der Waals surface area (Å²) in [5.41, 5.74) is 1.20. The minimum Gasteiger partial charge on any atom is -0.493 e. The van der Waals surface area contributed by atoms with Crippen LogP contribution in [0.4, 0.5) is 5.82 Å². The number of hydrogen-bond acceptors (Lipinski definition) is 7. The maximum atomic E-state index is 5.86. The van der Waals surface area contributed by atoms with Gasteiger partial charge in [-0.15, -0.1) is 0 Å². The lowest BCUT2D eigenvalue weighted by atomic mass is 9.77. The van der Waals surface area contributed by atoms with Crippen LogP contribution in [0.5, 0.6) is 17.2 Å². The van der Waals surface area contributed by atoms with Gasteiger partial charge in [0.1, 0.15) is 5.82 Å². The van der Waals surface area contributed by atoms with Crippen LogP contribution in [0.2, 0.25) is 0 Å². The third-order valence-electron chi connectivity index (χ3n) is 6.62. The van der Waals surface area contributed by atoms with E-state index in [-0.39, 0.29) is 18.9 Å². The van der Waals surface area contributed by atoms with E-state index in [0.717, 1.165) is 49.8 Å². The molecule has 4 atom stereocenters. The molecular weight excluding hydrogens is 382 g/mol. The van der Waals surface area contributed by atoms with E-state index < -0.39 is 0 Å². The van der Waals surface area contributed by atoms with Crippen molar-refractivity contribution in [1.82, 2.24) is 9.88 Å². The number of nitrogens with one attached hydrogen (secondary N) is 1. The van der Waals surface area contributed by atoms with E-state index in [9.17, 15) is 0 Å². The Morgan fingerprint density at radius 2 is 2.00 bits per heavy atom. The maximum Gasteiger partial charge on any atom is 0.231 e. The normalized spacial score (nSPS) is 27.7. The second kappa shape index (κ2) is 8.32. The molecule has 1 aromatic carbocycles. The predicted molar refractivity (Wildman–Crippen MR) is 113 cm³/mol. The Morgan fingerprint density at radius 1 is 1.13 bits per heavy atom. The lowest BCUT2D eigenvalue weighted by Gasteiger charge is -2.37. The van der Waals surface area contributed by atoms with Crippen LogP contribution in [0.3, 0.4) is 0 Å². The first kappa shape index (κ1) is 19.5. The summed E-state index contributed by atoms with van der Waals surface area (Å²) in [5.74, 6) is 4.48. The smallest absolute Gasteiger partial charge is 0.231 e. The lowest BCUT2D eigenvalue weighted by Crippen LogP contribution is -2.44. The van der Waals surface area contributed by atoms with Crippen molar-refractivity contribution in [1.29, 1.82) is 0 Å². The van der Waals surface area contributed by atoms with E-state index >= 15 is 0 Å². The van der Waals surface area contributed by atoms with E-state index in [1.165, 1.54) is 5.56 Å². The van der Waals surface area contributed by atoms with E-state index in [0.29, 0.717) is 17.6 Å². The van der Waals surface area contributed by atoms with E-state index in [1.807, 2.05) is 31.5 Å². The minimum atomic E-state index is 0.207. The van der Waals surface area contributed by atoms with Gasteiger partial charge in [-0.1, -0.05) is 6.07 Å². The zero-order chi connectivity index (χ0) is 20.5. The molecule has 2 fully saturated rings. The van der Waals surface area contributed by atoms with E-state index in [2.05, 4.69) is 27.3 Å². The van der Waals surface area contributed by atoms with Gasteiger partial charge in [0.15, 0.2) is 11.5 Å². The Balaban J connectivity index is 1.26. The van der Waals surface area contributed by atoms with Crippen LogP contribution in [0.15, 0.2) is 36.5 Å². The van der Waals surface area contributed by atoms with Crippen LogP contribution in [0, 0.1) is 11.8 Å². The van der Waals surface area contributed by atoms with Crippen molar-refractivity contribution in [3.63, 3.8) is 0 Å². The van der Waals surface area contributed by atoms with Gasteiger partial charge in [-0.3, -0.25) is 4.90 Å². The van der Waals surface area contributed by atoms with Crippen molar-refractivity contribution in [3.05, 3.63) is 42.1 Å². The summed E-state index contributed by atoms with van der Waals surface area (Å²) in [5, 5.41) is 3.60. The van der Waals surface area contributed by atoms with Crippen LogP contribution >= 0.6 is 0 Å². The van der Waals surface area contributed by atoms with Crippen LogP contribution in [-0.4, -0.2) is 56.1 Å². The molecule has 1 aliphatic carbocycles. The topological polar surface area (TPSA) is 65.1 Å². The minimum absolute atomic E-state index is 0.207. The molecule has 7 heteroatoms. The third kappa shape index (κ3) is 3.79. The number of pyridine rings is 1. The number of anilines is 1. The molecule has 0 radical (unpaired) electrons. The molecule has 2 aliphatic heterocycles. The van der Waals surface area contributed by atoms with Gasteiger partial charge in [-0.2, -0.15) is 0 Å². The number of likely N-dealkylation sites (tertiary alicyclic amines) is 1. The monoisotopic (exact) mass is 411 g/mol. The standard InChI is InChI=1S/C23H29N3O4/c1-27-19-10-17-13-26(11-15-7-20(28-2)23-21(8-15)29-14-30-23)12-16(17)9-18(19)25-22-5-3-4-6-24-22/h3-8,16-19H,9-14H2,1-2H3,(H,24,25)/t16-,17+,18-,19-/m1/s1. The predicted octanol–water partition coefficient (Wildman–Crippen LogP) is 3.16. The quantitative estimate of drug-likeness (QED) is 0.783. The Kier molecular flexibility index (Phi) is 5.39. The average Bonchev–Trinajstić information content (AvgIpc) is 3.39. The molecule has 160 valence electrons. The molecule has 0 unspecified atom stereocenters. The molecule has 1 N–H and O–H groups in total. The molecule has 0 bridgehead atoms. The summed E-state index contributed by atoms with van der Waals surface area (Å²) in [6.07, 6.45) is 4.21. The van der Waals surface area contributed by atoms with Crippen molar-refractivity contribution in [2.45, 2.75) is 31.5 Å². The highest BCUT2D eigenvalue weighted by atomic mass is 16.7. The Labute approximate surface area is 177 Å². The summed E-state index contributed by atoms with van der Waals surface area (Å²) in [4.78, 5) is 6.98. The van der Waals surface area contributed by atoms with Gasteiger partial charge < -0.3 is 24.3 Å². The summed E-state index contributed by atoms with van der Waals surface area (Å²) in [6.45, 7) is 3.33. The molecule has 7 nitrogen and oxygen atoms in total. The van der Waals surface area contributed by atoms with Gasteiger partial charge in [-0.05, 0) is 54.5 Å². The number of aromatic nitrogens is 1. The maximum absolute atomic E-state index is 5.86. The Bertz CT molecular complexity index is 878. The number of hydrogen-bond donors (Lipinski definition) is 1. The fraction of sp³-hybridized carbons (Fsp3) is 0.522. The van der Waals surface area contributed by atoms with E-state index in [1.54, 1.807) is 7.11 Å². The second-order valence-electron chi connectivity index (χ2n) is 8.46. The molecule has 2 aromatic rings. The molecular formula is C23H29N3O4. The zero-order valence-corrected chi connectivity index (χ0v) is 17.5. The SMILES string of the molecule is COc1cc(CN2C[C@H]3C[C@@H](Nc4ccccn4)[C@H](OC)C[C@H]3C2)cc2c1OCO2. The number of fused-ring (bicyclic) bond motifs is 2. The lowest BCUT2D eigenvalue weighted by molar-refractivity contribution is 0.0304. The number of rotatable bonds is 6. The van der Waals surface area contributed by atoms with Gasteiger partial charge in [0.05, 0.1) is 19.3 Å². The molecule has 3 heterocycles. The van der Waals surface area contributed by atoms with E-state index in [4.69, 9.17) is 18.9 Å². The van der Waals surface area contributed by atoms with Crippen molar-refractivity contribution in [2.75, 3.05) is 39.4 Å². The summed E-state index contributed by atoms with van der Waals surface area (Å²) < 4.78 is 22.5. The number of nitrogens with zero attached hydrogens (tertiary/aromatic N) is 2.